The number of phenols is 1. The number of hydrogen-bond donors (Lipinski definition) is 3. The Bertz CT molecular complexity index is 1020. The third kappa shape index (κ3) is 10.1. The molecule has 0 fully saturated rings. The summed E-state index contributed by atoms with van der Waals surface area (Å²) in [6, 6.07) is 13.9. The van der Waals surface area contributed by atoms with Crippen LogP contribution in [-0.4, -0.2) is 52.6 Å². The number of rotatable bonds is 13. The third-order valence-electron chi connectivity index (χ3n) is 5.91. The normalized spacial score (nSPS) is 12.8. The number of phenolic OH excluding ortho intramolecular Hbond substituents is 1. The maximum Gasteiger partial charge on any atom is 0.408 e. The number of carbonyl (C=O) groups excluding carboxylic acids is 3. The van der Waals surface area contributed by atoms with E-state index in [1.165, 1.54) is 12.1 Å². The second-order valence-electron chi connectivity index (χ2n) is 10.4. The number of alkyl carbamates (subject to hydrolysis) is 1. The number of carbonyl (C=O) groups is 3. The van der Waals surface area contributed by atoms with Gasteiger partial charge in [-0.2, -0.15) is 0 Å². The van der Waals surface area contributed by atoms with Crippen LogP contribution in [0.3, 0.4) is 0 Å². The summed E-state index contributed by atoms with van der Waals surface area (Å²) in [4.78, 5) is 42.1. The van der Waals surface area contributed by atoms with Crippen molar-refractivity contribution in [1.82, 2.24) is 15.5 Å². The highest BCUT2D eigenvalue weighted by molar-refractivity contribution is 5.92. The Balaban J connectivity index is 2.47. The summed E-state index contributed by atoms with van der Waals surface area (Å²) in [5.74, 6) is -0.527. The molecule has 0 saturated carbocycles. The number of hydrogen-bond acceptors (Lipinski definition) is 5. The molecule has 2 aromatic rings. The lowest BCUT2D eigenvalue weighted by Crippen LogP contribution is -2.54. The van der Waals surface area contributed by atoms with Gasteiger partial charge in [-0.1, -0.05) is 69.2 Å². The fourth-order valence-electron chi connectivity index (χ4n) is 4.01. The van der Waals surface area contributed by atoms with Crippen molar-refractivity contribution < 1.29 is 24.2 Å². The zero-order valence-electron chi connectivity index (χ0n) is 23.3. The van der Waals surface area contributed by atoms with Gasteiger partial charge in [0, 0.05) is 19.5 Å². The van der Waals surface area contributed by atoms with Crippen LogP contribution >= 0.6 is 0 Å². The van der Waals surface area contributed by atoms with E-state index in [0.29, 0.717) is 25.1 Å². The number of nitrogens with one attached hydrogen (secondary N) is 2. The first-order valence-corrected chi connectivity index (χ1v) is 13.5. The second kappa shape index (κ2) is 15.0. The minimum absolute atomic E-state index is 0.106. The van der Waals surface area contributed by atoms with E-state index in [9.17, 15) is 19.5 Å². The molecule has 0 radical (unpaired) electrons. The van der Waals surface area contributed by atoms with Gasteiger partial charge in [0.15, 0.2) is 0 Å². The van der Waals surface area contributed by atoms with E-state index in [-0.39, 0.29) is 24.0 Å². The molecule has 2 aromatic carbocycles. The highest BCUT2D eigenvalue weighted by Gasteiger charge is 2.36. The highest BCUT2D eigenvalue weighted by atomic mass is 16.6. The molecule has 38 heavy (non-hydrogen) atoms. The Morgan fingerprint density at radius 1 is 0.947 bits per heavy atom. The van der Waals surface area contributed by atoms with Crippen LogP contribution in [0.15, 0.2) is 54.6 Å². The lowest BCUT2D eigenvalue weighted by atomic mass is 9.99. The lowest BCUT2D eigenvalue weighted by Gasteiger charge is -2.34. The van der Waals surface area contributed by atoms with Crippen molar-refractivity contribution in [1.29, 1.82) is 0 Å². The zero-order chi connectivity index (χ0) is 28.1. The lowest BCUT2D eigenvalue weighted by molar-refractivity contribution is -0.142. The van der Waals surface area contributed by atoms with Crippen LogP contribution < -0.4 is 10.6 Å². The number of benzene rings is 2. The van der Waals surface area contributed by atoms with E-state index in [0.717, 1.165) is 24.8 Å². The second-order valence-corrected chi connectivity index (χ2v) is 10.4. The topological polar surface area (TPSA) is 108 Å². The molecule has 0 spiro atoms. The van der Waals surface area contributed by atoms with Crippen LogP contribution in [0.4, 0.5) is 4.79 Å². The summed E-state index contributed by atoms with van der Waals surface area (Å²) in [5.41, 5.74) is 0.701. The molecule has 2 atom stereocenters. The van der Waals surface area contributed by atoms with Gasteiger partial charge in [-0.3, -0.25) is 9.59 Å². The van der Waals surface area contributed by atoms with Gasteiger partial charge in [-0.25, -0.2) is 4.79 Å². The maximum atomic E-state index is 14.2. The smallest absolute Gasteiger partial charge is 0.408 e. The Morgan fingerprint density at radius 2 is 1.58 bits per heavy atom. The Labute approximate surface area is 226 Å². The molecular formula is C30H43N3O5. The van der Waals surface area contributed by atoms with Crippen LogP contribution in [0.5, 0.6) is 5.75 Å². The van der Waals surface area contributed by atoms with Crippen LogP contribution in [0.25, 0.3) is 0 Å². The first-order chi connectivity index (χ1) is 18.1. The summed E-state index contributed by atoms with van der Waals surface area (Å²) >= 11 is 0. The predicted octanol–water partition coefficient (Wildman–Crippen LogP) is 5.11. The van der Waals surface area contributed by atoms with Crippen LogP contribution in [0, 0.1) is 0 Å². The van der Waals surface area contributed by atoms with E-state index in [2.05, 4.69) is 10.6 Å². The highest BCUT2D eigenvalue weighted by Crippen LogP contribution is 2.24. The zero-order valence-corrected chi connectivity index (χ0v) is 23.3. The van der Waals surface area contributed by atoms with Crippen molar-refractivity contribution in [2.75, 3.05) is 13.1 Å². The van der Waals surface area contributed by atoms with Gasteiger partial charge < -0.3 is 25.4 Å². The monoisotopic (exact) mass is 525 g/mol. The molecule has 3 N–H and O–H groups in total. The minimum atomic E-state index is -0.985. The average Bonchev–Trinajstić information content (AvgIpc) is 2.86. The number of amides is 3. The molecule has 0 aliphatic carbocycles. The molecule has 8 nitrogen and oxygen atoms in total. The maximum absolute atomic E-state index is 14.2. The molecule has 8 heteroatoms. The van der Waals surface area contributed by atoms with Crippen molar-refractivity contribution in [3.8, 4) is 5.75 Å². The largest absolute Gasteiger partial charge is 0.508 e. The molecular weight excluding hydrogens is 482 g/mol. The van der Waals surface area contributed by atoms with Gasteiger partial charge >= 0.3 is 6.09 Å². The van der Waals surface area contributed by atoms with Crippen molar-refractivity contribution in [3.63, 3.8) is 0 Å². The molecule has 3 amide bonds. The molecule has 0 saturated heterocycles. The molecule has 0 heterocycles. The first-order valence-electron chi connectivity index (χ1n) is 13.5. The van der Waals surface area contributed by atoms with Gasteiger partial charge in [-0.05, 0) is 56.9 Å². The predicted molar refractivity (Wildman–Crippen MR) is 149 cm³/mol. The van der Waals surface area contributed by atoms with E-state index >= 15 is 0 Å². The van der Waals surface area contributed by atoms with Crippen LogP contribution in [-0.2, 0) is 20.7 Å². The van der Waals surface area contributed by atoms with E-state index in [1.54, 1.807) is 37.8 Å². The summed E-state index contributed by atoms with van der Waals surface area (Å²) in [6.07, 6.45) is 2.73. The number of unbranched alkanes of at least 4 members (excludes halogenated alkanes) is 2. The van der Waals surface area contributed by atoms with Gasteiger partial charge in [0.25, 0.3) is 0 Å². The SMILES string of the molecule is CCCCNC(=O)C(c1ccccc1)N(CCCC)C(=O)C(Cc1ccc(O)cc1)NC(=O)OC(C)(C)C. The third-order valence-corrected chi connectivity index (χ3v) is 5.91. The number of nitrogens with zero attached hydrogens (tertiary/aromatic N) is 1. The van der Waals surface area contributed by atoms with Crippen LogP contribution in [0.2, 0.25) is 0 Å². The van der Waals surface area contributed by atoms with Crippen molar-refractivity contribution in [2.24, 2.45) is 0 Å². The van der Waals surface area contributed by atoms with Crippen molar-refractivity contribution >= 4 is 17.9 Å². The summed E-state index contributed by atoms with van der Waals surface area (Å²) in [6.45, 7) is 10.2. The van der Waals surface area contributed by atoms with Crippen LogP contribution in [0.1, 0.15) is 77.5 Å². The Hall–Kier alpha value is -3.55. The van der Waals surface area contributed by atoms with Gasteiger partial charge in [0.05, 0.1) is 0 Å². The summed E-state index contributed by atoms with van der Waals surface area (Å²) in [5, 5.41) is 15.4. The van der Waals surface area contributed by atoms with Gasteiger partial charge in [0.2, 0.25) is 11.8 Å². The number of ether oxygens (including phenoxy) is 1. The first kappa shape index (κ1) is 30.7. The molecule has 0 aromatic heterocycles. The van der Waals surface area contributed by atoms with Crippen molar-refractivity contribution in [3.05, 3.63) is 65.7 Å². The van der Waals surface area contributed by atoms with Gasteiger partial charge in [-0.15, -0.1) is 0 Å². The van der Waals surface area contributed by atoms with E-state index < -0.39 is 23.8 Å². The standard InChI is InChI=1S/C30H43N3O5/c1-6-8-19-31-27(35)26(23-13-11-10-12-14-23)33(20-9-7-2)28(36)25(32-29(37)38-30(3,4)5)21-22-15-17-24(34)18-16-22/h10-18,25-26,34H,6-9,19-21H2,1-5H3,(H,31,35)(H,32,37). The molecule has 2 unspecified atom stereocenters. The van der Waals surface area contributed by atoms with Gasteiger partial charge in [0.1, 0.15) is 23.4 Å². The summed E-state index contributed by atoms with van der Waals surface area (Å²) in [7, 11) is 0. The minimum Gasteiger partial charge on any atom is -0.508 e. The Kier molecular flexibility index (Phi) is 12.1. The van der Waals surface area contributed by atoms with Crippen molar-refractivity contribution in [2.45, 2.75) is 84.4 Å². The molecule has 208 valence electrons. The molecule has 2 rings (SSSR count). The molecule has 0 bridgehead atoms. The molecule has 0 aliphatic heterocycles. The number of aromatic hydroxyl groups is 1. The van der Waals surface area contributed by atoms with E-state index in [4.69, 9.17) is 4.74 Å². The fraction of sp³-hybridized carbons (Fsp3) is 0.500. The quantitative estimate of drug-likeness (QED) is 0.315. The average molecular weight is 526 g/mol. The Morgan fingerprint density at radius 3 is 2.16 bits per heavy atom. The molecule has 0 aliphatic rings. The fourth-order valence-corrected chi connectivity index (χ4v) is 4.01. The summed E-state index contributed by atoms with van der Waals surface area (Å²) < 4.78 is 5.45. The van der Waals surface area contributed by atoms with E-state index in [1.807, 2.05) is 44.2 Å².